The van der Waals surface area contributed by atoms with E-state index in [4.69, 9.17) is 0 Å². The number of carbonyl (C=O) groups is 1. The van der Waals surface area contributed by atoms with E-state index >= 15 is 0 Å². The molecule has 19 heavy (non-hydrogen) atoms. The summed E-state index contributed by atoms with van der Waals surface area (Å²) in [4.78, 5) is 11.3. The molecule has 7 nitrogen and oxygen atoms in total. The lowest BCUT2D eigenvalue weighted by molar-refractivity contribution is -0.122. The van der Waals surface area contributed by atoms with Crippen molar-refractivity contribution in [3.05, 3.63) is 11.4 Å². The molecule has 2 heterocycles. The summed E-state index contributed by atoms with van der Waals surface area (Å²) in [5, 5.41) is 6.76. The van der Waals surface area contributed by atoms with Crippen LogP contribution in [0.2, 0.25) is 0 Å². The van der Waals surface area contributed by atoms with E-state index < -0.39 is 10.0 Å². The number of aryl methyl sites for hydroxylation is 2. The summed E-state index contributed by atoms with van der Waals surface area (Å²) in [6.45, 7) is 3.72. The fourth-order valence-electron chi connectivity index (χ4n) is 2.25. The van der Waals surface area contributed by atoms with Crippen LogP contribution >= 0.6 is 0 Å². The van der Waals surface area contributed by atoms with Gasteiger partial charge in [-0.3, -0.25) is 9.48 Å². The Hall–Kier alpha value is -1.41. The maximum atomic E-state index is 12.4. The molecule has 2 N–H and O–H groups in total. The molecule has 1 aliphatic rings. The van der Waals surface area contributed by atoms with Crippen LogP contribution in [0, 0.1) is 13.8 Å². The van der Waals surface area contributed by atoms with Gasteiger partial charge in [0.05, 0.1) is 11.4 Å². The Labute approximate surface area is 112 Å². The summed E-state index contributed by atoms with van der Waals surface area (Å²) < 4.78 is 28.9. The van der Waals surface area contributed by atoms with E-state index in [0.717, 1.165) is 0 Å². The zero-order chi connectivity index (χ0) is 14.2. The van der Waals surface area contributed by atoms with Crippen molar-refractivity contribution in [2.24, 2.45) is 7.05 Å². The molecule has 0 saturated carbocycles. The van der Waals surface area contributed by atoms with E-state index in [1.54, 1.807) is 25.6 Å². The Morgan fingerprint density at radius 3 is 2.58 bits per heavy atom. The zero-order valence-electron chi connectivity index (χ0n) is 11.2. The molecule has 0 aromatic carbocycles. The molecule has 0 radical (unpaired) electrons. The van der Waals surface area contributed by atoms with Gasteiger partial charge in [-0.1, -0.05) is 0 Å². The third kappa shape index (κ3) is 2.79. The largest absolute Gasteiger partial charge is 0.355 e. The van der Waals surface area contributed by atoms with Crippen molar-refractivity contribution in [3.8, 4) is 0 Å². The summed E-state index contributed by atoms with van der Waals surface area (Å²) in [6.07, 6.45) is 0.863. The fraction of sp³-hybridized carbons (Fsp3) is 0.636. The Balaban J connectivity index is 2.21. The van der Waals surface area contributed by atoms with Crippen molar-refractivity contribution in [1.29, 1.82) is 0 Å². The number of amides is 1. The van der Waals surface area contributed by atoms with Gasteiger partial charge in [0.2, 0.25) is 15.9 Å². The van der Waals surface area contributed by atoms with E-state index in [1.165, 1.54) is 0 Å². The van der Waals surface area contributed by atoms with Gasteiger partial charge in [0.15, 0.2) is 0 Å². The number of nitrogens with zero attached hydrogens (tertiary/aromatic N) is 2. The van der Waals surface area contributed by atoms with Gasteiger partial charge < -0.3 is 5.32 Å². The first-order valence-electron chi connectivity index (χ1n) is 6.10. The van der Waals surface area contributed by atoms with E-state index in [1.807, 2.05) is 0 Å². The highest BCUT2D eigenvalue weighted by Gasteiger charge is 2.28. The Morgan fingerprint density at radius 1 is 1.42 bits per heavy atom. The van der Waals surface area contributed by atoms with Crippen molar-refractivity contribution in [2.45, 2.75) is 37.6 Å². The van der Waals surface area contributed by atoms with E-state index in [9.17, 15) is 13.2 Å². The molecule has 1 aromatic heterocycles. The number of carbonyl (C=O) groups excluding carboxylic acids is 1. The number of piperidine rings is 1. The molecule has 1 amide bonds. The number of nitrogens with one attached hydrogen (secondary N) is 2. The van der Waals surface area contributed by atoms with Crippen molar-refractivity contribution in [2.75, 3.05) is 6.54 Å². The number of hydrogen-bond acceptors (Lipinski definition) is 4. The van der Waals surface area contributed by atoms with Gasteiger partial charge in [-0.25, -0.2) is 13.1 Å². The van der Waals surface area contributed by atoms with E-state index in [2.05, 4.69) is 15.1 Å². The highest BCUT2D eigenvalue weighted by molar-refractivity contribution is 7.89. The van der Waals surface area contributed by atoms with Crippen LogP contribution < -0.4 is 10.0 Å². The van der Waals surface area contributed by atoms with E-state index in [-0.39, 0.29) is 16.8 Å². The molecule has 0 spiro atoms. The molecule has 106 valence electrons. The summed E-state index contributed by atoms with van der Waals surface area (Å²) in [5.41, 5.74) is 1.08. The standard InChI is InChI=1S/C11H18N4O3S/c1-7-11(8(2)15(3)13-7)19(17,18)14-9-4-5-10(16)12-6-9/h9,14H,4-6H2,1-3H3,(H,12,16). The highest BCUT2D eigenvalue weighted by atomic mass is 32.2. The first-order chi connectivity index (χ1) is 8.81. The van der Waals surface area contributed by atoms with Crippen LogP contribution in [-0.4, -0.2) is 36.7 Å². The third-order valence-corrected chi connectivity index (χ3v) is 5.07. The smallest absolute Gasteiger partial charge is 0.244 e. The average Bonchev–Trinajstić information content (AvgIpc) is 2.56. The summed E-state index contributed by atoms with van der Waals surface area (Å²) in [5.74, 6) is -0.0378. The molecule has 8 heteroatoms. The SMILES string of the molecule is Cc1nn(C)c(C)c1S(=O)(=O)NC1CCC(=O)NC1. The lowest BCUT2D eigenvalue weighted by Crippen LogP contribution is -2.47. The van der Waals surface area contributed by atoms with Gasteiger partial charge in [-0.05, 0) is 20.3 Å². The maximum absolute atomic E-state index is 12.4. The minimum atomic E-state index is -3.60. The molecule has 0 aliphatic carbocycles. The van der Waals surface area contributed by atoms with Gasteiger partial charge in [-0.15, -0.1) is 0 Å². The predicted molar refractivity (Wildman–Crippen MR) is 69.0 cm³/mol. The van der Waals surface area contributed by atoms with Crippen molar-refractivity contribution in [1.82, 2.24) is 19.8 Å². The van der Waals surface area contributed by atoms with Gasteiger partial charge in [-0.2, -0.15) is 5.10 Å². The third-order valence-electron chi connectivity index (χ3n) is 3.30. The van der Waals surface area contributed by atoms with Gasteiger partial charge in [0, 0.05) is 26.1 Å². The van der Waals surface area contributed by atoms with E-state index in [0.29, 0.717) is 30.8 Å². The first kappa shape index (κ1) is 14.0. The van der Waals surface area contributed by atoms with Crippen LogP contribution in [-0.2, 0) is 21.9 Å². The van der Waals surface area contributed by atoms with Crippen LogP contribution in [0.1, 0.15) is 24.2 Å². The summed E-state index contributed by atoms with van der Waals surface area (Å²) in [6, 6.07) is -0.262. The van der Waals surface area contributed by atoms with Crippen LogP contribution in [0.25, 0.3) is 0 Å². The molecule has 1 aliphatic heterocycles. The lowest BCUT2D eigenvalue weighted by Gasteiger charge is -2.23. The second-order valence-electron chi connectivity index (χ2n) is 4.78. The van der Waals surface area contributed by atoms with Crippen molar-refractivity contribution >= 4 is 15.9 Å². The second kappa shape index (κ2) is 4.93. The fourth-order valence-corrected chi connectivity index (χ4v) is 3.96. The summed E-state index contributed by atoms with van der Waals surface area (Å²) in [7, 11) is -1.89. The van der Waals surface area contributed by atoms with Gasteiger partial charge in [0.25, 0.3) is 0 Å². The minimum Gasteiger partial charge on any atom is -0.355 e. The van der Waals surface area contributed by atoms with Gasteiger partial charge >= 0.3 is 0 Å². The zero-order valence-corrected chi connectivity index (χ0v) is 12.0. The lowest BCUT2D eigenvalue weighted by atomic mass is 10.1. The number of rotatable bonds is 3. The monoisotopic (exact) mass is 286 g/mol. The molecule has 1 unspecified atom stereocenters. The van der Waals surface area contributed by atoms with Gasteiger partial charge in [0.1, 0.15) is 4.90 Å². The number of hydrogen-bond donors (Lipinski definition) is 2. The van der Waals surface area contributed by atoms with Crippen LogP contribution in [0.5, 0.6) is 0 Å². The minimum absolute atomic E-state index is 0.0378. The molecular formula is C11H18N4O3S. The molecule has 1 atom stereocenters. The number of sulfonamides is 1. The number of aromatic nitrogens is 2. The molecule has 2 rings (SSSR count). The topological polar surface area (TPSA) is 93.1 Å². The van der Waals surface area contributed by atoms with Crippen molar-refractivity contribution in [3.63, 3.8) is 0 Å². The Kier molecular flexibility index (Phi) is 3.64. The molecule has 1 saturated heterocycles. The Bertz CT molecular complexity index is 596. The molecule has 1 aromatic rings. The molecule has 1 fully saturated rings. The van der Waals surface area contributed by atoms with Crippen LogP contribution in [0.3, 0.4) is 0 Å². The quantitative estimate of drug-likeness (QED) is 0.790. The van der Waals surface area contributed by atoms with Crippen LogP contribution in [0.15, 0.2) is 4.90 Å². The molecular weight excluding hydrogens is 268 g/mol. The second-order valence-corrected chi connectivity index (χ2v) is 6.44. The Morgan fingerprint density at radius 2 is 2.11 bits per heavy atom. The summed E-state index contributed by atoms with van der Waals surface area (Å²) >= 11 is 0. The highest BCUT2D eigenvalue weighted by Crippen LogP contribution is 2.19. The molecule has 0 bridgehead atoms. The van der Waals surface area contributed by atoms with Crippen molar-refractivity contribution < 1.29 is 13.2 Å². The predicted octanol–water partition coefficient (Wildman–Crippen LogP) is -0.406. The normalized spacial score (nSPS) is 20.4. The first-order valence-corrected chi connectivity index (χ1v) is 7.59. The maximum Gasteiger partial charge on any atom is 0.244 e. The van der Waals surface area contributed by atoms with Crippen LogP contribution in [0.4, 0.5) is 0 Å². The average molecular weight is 286 g/mol.